The van der Waals surface area contributed by atoms with E-state index in [-0.39, 0.29) is 0 Å². The zero-order valence-electron chi connectivity index (χ0n) is 11.5. The molecule has 2 heterocycles. The van der Waals surface area contributed by atoms with Crippen LogP contribution in [-0.4, -0.2) is 24.5 Å². The van der Waals surface area contributed by atoms with Crippen molar-refractivity contribution in [2.45, 2.75) is 13.5 Å². The van der Waals surface area contributed by atoms with Gasteiger partial charge in [-0.05, 0) is 30.7 Å². The summed E-state index contributed by atoms with van der Waals surface area (Å²) in [5.74, 6) is 1.54. The fourth-order valence-corrected chi connectivity index (χ4v) is 2.04. The molecule has 20 heavy (non-hydrogen) atoms. The predicted octanol–water partition coefficient (Wildman–Crippen LogP) is 1.92. The van der Waals surface area contributed by atoms with Crippen molar-refractivity contribution in [1.29, 1.82) is 0 Å². The van der Waals surface area contributed by atoms with Crippen molar-refractivity contribution < 1.29 is 0 Å². The number of rotatable bonds is 4. The van der Waals surface area contributed by atoms with Gasteiger partial charge in [-0.25, -0.2) is 9.36 Å². The summed E-state index contributed by atoms with van der Waals surface area (Å²) in [6.45, 7) is 2.59. The van der Waals surface area contributed by atoms with Crippen molar-refractivity contribution in [3.05, 3.63) is 54.1 Å². The van der Waals surface area contributed by atoms with Gasteiger partial charge in [0.05, 0.1) is 5.69 Å². The number of nitrogens with zero attached hydrogens (tertiary/aromatic N) is 5. The molecule has 1 aromatic carbocycles. The van der Waals surface area contributed by atoms with Gasteiger partial charge in [-0.3, -0.25) is 0 Å². The summed E-state index contributed by atoms with van der Waals surface area (Å²) >= 11 is 0. The highest BCUT2D eigenvalue weighted by atomic mass is 15.4. The molecule has 0 radical (unpaired) electrons. The number of aryl methyl sites for hydroxylation is 2. The van der Waals surface area contributed by atoms with Gasteiger partial charge in [0.25, 0.3) is 0 Å². The van der Waals surface area contributed by atoms with E-state index < -0.39 is 0 Å². The third-order valence-corrected chi connectivity index (χ3v) is 3.02. The van der Waals surface area contributed by atoms with Crippen molar-refractivity contribution in [2.24, 2.45) is 7.05 Å². The van der Waals surface area contributed by atoms with E-state index in [1.54, 1.807) is 10.9 Å². The molecule has 2 aromatic heterocycles. The van der Waals surface area contributed by atoms with Crippen LogP contribution in [0.4, 0.5) is 5.95 Å². The van der Waals surface area contributed by atoms with E-state index in [1.165, 1.54) is 5.56 Å². The van der Waals surface area contributed by atoms with Crippen LogP contribution in [0, 0.1) is 6.92 Å². The zero-order valence-corrected chi connectivity index (χ0v) is 11.5. The number of anilines is 1. The number of nitrogens with one attached hydrogen (secondary N) is 1. The normalized spacial score (nSPS) is 10.7. The molecule has 0 saturated heterocycles. The van der Waals surface area contributed by atoms with E-state index >= 15 is 0 Å². The van der Waals surface area contributed by atoms with E-state index in [0.717, 1.165) is 17.5 Å². The summed E-state index contributed by atoms with van der Waals surface area (Å²) in [5, 5.41) is 11.7. The molecule has 0 saturated carbocycles. The highest BCUT2D eigenvalue weighted by molar-refractivity contribution is 5.35. The van der Waals surface area contributed by atoms with Gasteiger partial charge in [0.2, 0.25) is 5.95 Å². The maximum absolute atomic E-state index is 4.31. The van der Waals surface area contributed by atoms with Crippen LogP contribution in [0.5, 0.6) is 0 Å². The van der Waals surface area contributed by atoms with Crippen molar-refractivity contribution in [2.75, 3.05) is 5.32 Å². The third kappa shape index (κ3) is 2.54. The number of aromatic nitrogens is 5. The first-order valence-electron chi connectivity index (χ1n) is 6.43. The summed E-state index contributed by atoms with van der Waals surface area (Å²) < 4.78 is 3.58. The second-order valence-electron chi connectivity index (χ2n) is 4.58. The Bertz CT molecular complexity index is 681. The van der Waals surface area contributed by atoms with Crippen LogP contribution in [-0.2, 0) is 13.6 Å². The Balaban J connectivity index is 1.68. The molecule has 6 heteroatoms. The largest absolute Gasteiger partial charge is 0.350 e. The Labute approximate surface area is 117 Å². The first-order chi connectivity index (χ1) is 9.72. The Hall–Kier alpha value is -2.63. The van der Waals surface area contributed by atoms with Gasteiger partial charge in [0.1, 0.15) is 5.82 Å². The molecule has 0 fully saturated rings. The summed E-state index contributed by atoms with van der Waals surface area (Å²) in [6, 6.07) is 10.2. The van der Waals surface area contributed by atoms with Crippen LogP contribution in [0.25, 0.3) is 5.69 Å². The van der Waals surface area contributed by atoms with Crippen molar-refractivity contribution >= 4 is 5.95 Å². The molecule has 0 amide bonds. The second kappa shape index (κ2) is 5.16. The van der Waals surface area contributed by atoms with Crippen molar-refractivity contribution in [3.63, 3.8) is 0 Å². The SMILES string of the molecule is Cc1nc(NCc2ccc(-n3cccn3)cc2)n(C)n1. The monoisotopic (exact) mass is 268 g/mol. The topological polar surface area (TPSA) is 60.6 Å². The Morgan fingerprint density at radius 3 is 2.60 bits per heavy atom. The number of hydrogen-bond donors (Lipinski definition) is 1. The van der Waals surface area contributed by atoms with Gasteiger partial charge in [-0.15, -0.1) is 0 Å². The summed E-state index contributed by atoms with van der Waals surface area (Å²) in [4.78, 5) is 4.31. The standard InChI is InChI=1S/C14H16N6/c1-11-17-14(19(2)18-11)15-10-12-4-6-13(7-5-12)20-9-3-8-16-20/h3-9H,10H2,1-2H3,(H,15,17,18). The Morgan fingerprint density at radius 2 is 2.00 bits per heavy atom. The average molecular weight is 268 g/mol. The second-order valence-corrected chi connectivity index (χ2v) is 4.58. The van der Waals surface area contributed by atoms with Gasteiger partial charge in [0, 0.05) is 26.0 Å². The van der Waals surface area contributed by atoms with E-state index in [4.69, 9.17) is 0 Å². The first kappa shape index (κ1) is 12.4. The fourth-order valence-electron chi connectivity index (χ4n) is 2.04. The quantitative estimate of drug-likeness (QED) is 0.785. The molecular formula is C14H16N6. The van der Waals surface area contributed by atoms with Crippen molar-refractivity contribution in [1.82, 2.24) is 24.5 Å². The highest BCUT2D eigenvalue weighted by Crippen LogP contribution is 2.10. The minimum absolute atomic E-state index is 0.714. The molecule has 3 rings (SSSR count). The van der Waals surface area contributed by atoms with Crippen molar-refractivity contribution in [3.8, 4) is 5.69 Å². The van der Waals surface area contributed by atoms with Gasteiger partial charge in [-0.2, -0.15) is 15.2 Å². The average Bonchev–Trinajstić information content (AvgIpc) is 3.07. The molecular weight excluding hydrogens is 252 g/mol. The number of benzene rings is 1. The molecule has 0 aliphatic heterocycles. The van der Waals surface area contributed by atoms with Gasteiger partial charge < -0.3 is 5.32 Å². The smallest absolute Gasteiger partial charge is 0.221 e. The van der Waals surface area contributed by atoms with Crippen LogP contribution in [0.1, 0.15) is 11.4 Å². The van der Waals surface area contributed by atoms with Crippen LogP contribution in [0.15, 0.2) is 42.7 Å². The van der Waals surface area contributed by atoms with Crippen LogP contribution >= 0.6 is 0 Å². The summed E-state index contributed by atoms with van der Waals surface area (Å²) in [5.41, 5.74) is 2.23. The molecule has 3 aromatic rings. The molecule has 0 spiro atoms. The van der Waals surface area contributed by atoms with E-state index in [9.17, 15) is 0 Å². The zero-order chi connectivity index (χ0) is 13.9. The molecule has 0 bridgehead atoms. The minimum atomic E-state index is 0.714. The first-order valence-corrected chi connectivity index (χ1v) is 6.43. The molecule has 6 nitrogen and oxygen atoms in total. The van der Waals surface area contributed by atoms with E-state index in [0.29, 0.717) is 6.54 Å². The van der Waals surface area contributed by atoms with Gasteiger partial charge in [-0.1, -0.05) is 12.1 Å². The lowest BCUT2D eigenvalue weighted by atomic mass is 10.2. The molecule has 0 atom stereocenters. The highest BCUT2D eigenvalue weighted by Gasteiger charge is 2.03. The molecule has 0 aliphatic carbocycles. The van der Waals surface area contributed by atoms with E-state index in [1.807, 2.05) is 43.0 Å². The van der Waals surface area contributed by atoms with Crippen LogP contribution in [0.3, 0.4) is 0 Å². The third-order valence-electron chi connectivity index (χ3n) is 3.02. The molecule has 0 aliphatic rings. The van der Waals surface area contributed by atoms with Crippen LogP contribution in [0.2, 0.25) is 0 Å². The molecule has 1 N–H and O–H groups in total. The summed E-state index contributed by atoms with van der Waals surface area (Å²) in [7, 11) is 1.88. The maximum atomic E-state index is 4.31. The molecule has 0 unspecified atom stereocenters. The van der Waals surface area contributed by atoms with Gasteiger partial charge >= 0.3 is 0 Å². The fraction of sp³-hybridized carbons (Fsp3) is 0.214. The minimum Gasteiger partial charge on any atom is -0.350 e. The van der Waals surface area contributed by atoms with Gasteiger partial charge in [0.15, 0.2) is 0 Å². The lowest BCUT2D eigenvalue weighted by Gasteiger charge is -2.06. The number of hydrogen-bond acceptors (Lipinski definition) is 4. The van der Waals surface area contributed by atoms with E-state index in [2.05, 4.69) is 32.6 Å². The lowest BCUT2D eigenvalue weighted by Crippen LogP contribution is -2.05. The Morgan fingerprint density at radius 1 is 1.20 bits per heavy atom. The predicted molar refractivity (Wildman–Crippen MR) is 76.6 cm³/mol. The summed E-state index contributed by atoms with van der Waals surface area (Å²) in [6.07, 6.45) is 3.70. The molecule has 102 valence electrons. The van der Waals surface area contributed by atoms with Crippen LogP contribution < -0.4 is 5.32 Å². The maximum Gasteiger partial charge on any atom is 0.221 e. The lowest BCUT2D eigenvalue weighted by molar-refractivity contribution is 0.757. The Kier molecular flexibility index (Phi) is 3.20.